The molecule has 0 bridgehead atoms. The van der Waals surface area contributed by atoms with Crippen molar-refractivity contribution in [2.24, 2.45) is 5.92 Å². The summed E-state index contributed by atoms with van der Waals surface area (Å²) < 4.78 is 0. The Morgan fingerprint density at radius 2 is 1.11 bits per heavy atom. The van der Waals surface area contributed by atoms with Crippen LogP contribution in [-0.4, -0.2) is 73.6 Å². The molecular formula is C16H35N3. The molecule has 0 aromatic heterocycles. The molecule has 0 atom stereocenters. The van der Waals surface area contributed by atoms with Crippen molar-refractivity contribution in [1.82, 2.24) is 14.7 Å². The predicted octanol–water partition coefficient (Wildman–Crippen LogP) is 2.38. The second-order valence-electron chi connectivity index (χ2n) is 5.61. The van der Waals surface area contributed by atoms with E-state index in [-0.39, 0.29) is 0 Å². The van der Waals surface area contributed by atoms with E-state index in [2.05, 4.69) is 28.5 Å². The summed E-state index contributed by atoms with van der Waals surface area (Å²) >= 11 is 0. The van der Waals surface area contributed by atoms with Crippen molar-refractivity contribution in [2.45, 2.75) is 40.5 Å². The predicted molar refractivity (Wildman–Crippen MR) is 84.7 cm³/mol. The van der Waals surface area contributed by atoms with Crippen LogP contribution in [0.5, 0.6) is 0 Å². The highest BCUT2D eigenvalue weighted by Gasteiger charge is 2.22. The van der Waals surface area contributed by atoms with Gasteiger partial charge in [0, 0.05) is 32.7 Å². The molecule has 2 fully saturated rings. The first-order valence-electron chi connectivity index (χ1n) is 8.49. The van der Waals surface area contributed by atoms with Gasteiger partial charge in [-0.1, -0.05) is 27.7 Å². The van der Waals surface area contributed by atoms with Crippen LogP contribution in [0.4, 0.5) is 0 Å². The van der Waals surface area contributed by atoms with E-state index in [1.165, 1.54) is 71.7 Å². The van der Waals surface area contributed by atoms with E-state index < -0.39 is 0 Å². The van der Waals surface area contributed by atoms with Gasteiger partial charge in [0.15, 0.2) is 0 Å². The van der Waals surface area contributed by atoms with Crippen molar-refractivity contribution in [3.05, 3.63) is 0 Å². The van der Waals surface area contributed by atoms with E-state index in [4.69, 9.17) is 0 Å². The number of likely N-dealkylation sites (N-methyl/N-ethyl adjacent to an activating group) is 1. The second-order valence-corrected chi connectivity index (χ2v) is 5.61. The molecule has 2 aliphatic rings. The highest BCUT2D eigenvalue weighted by molar-refractivity contribution is 4.77. The lowest BCUT2D eigenvalue weighted by molar-refractivity contribution is 0.0989. The van der Waals surface area contributed by atoms with Crippen molar-refractivity contribution < 1.29 is 0 Å². The van der Waals surface area contributed by atoms with Gasteiger partial charge in [0.2, 0.25) is 0 Å². The Balaban J connectivity index is 0.000000861. The van der Waals surface area contributed by atoms with Gasteiger partial charge in [0.05, 0.1) is 0 Å². The summed E-state index contributed by atoms with van der Waals surface area (Å²) in [6, 6.07) is 0. The van der Waals surface area contributed by atoms with Gasteiger partial charge in [0.25, 0.3) is 0 Å². The summed E-state index contributed by atoms with van der Waals surface area (Å²) in [6.45, 7) is 20.2. The molecule has 0 aromatic rings. The fourth-order valence-electron chi connectivity index (χ4n) is 3.14. The Bertz CT molecular complexity index is 182. The molecule has 2 aliphatic heterocycles. The number of piperazine rings is 1. The number of likely N-dealkylation sites (tertiary alicyclic amines) is 1. The van der Waals surface area contributed by atoms with Crippen molar-refractivity contribution >= 4 is 0 Å². The first kappa shape index (κ1) is 16.9. The molecule has 3 nitrogen and oxygen atoms in total. The summed E-state index contributed by atoms with van der Waals surface area (Å²) in [5.74, 6) is 0.964. The number of hydrogen-bond donors (Lipinski definition) is 0. The third kappa shape index (κ3) is 5.80. The van der Waals surface area contributed by atoms with Crippen LogP contribution in [0.25, 0.3) is 0 Å². The molecule has 0 unspecified atom stereocenters. The summed E-state index contributed by atoms with van der Waals surface area (Å²) in [7, 11) is 0. The van der Waals surface area contributed by atoms with Crippen LogP contribution in [0, 0.1) is 5.92 Å². The molecule has 0 radical (unpaired) electrons. The van der Waals surface area contributed by atoms with Crippen LogP contribution in [0.3, 0.4) is 0 Å². The van der Waals surface area contributed by atoms with Gasteiger partial charge in [-0.25, -0.2) is 0 Å². The zero-order valence-corrected chi connectivity index (χ0v) is 13.7. The molecule has 0 amide bonds. The molecule has 2 saturated heterocycles. The van der Waals surface area contributed by atoms with Crippen LogP contribution in [-0.2, 0) is 0 Å². The molecule has 114 valence electrons. The van der Waals surface area contributed by atoms with Crippen molar-refractivity contribution in [1.29, 1.82) is 0 Å². The Morgan fingerprint density at radius 3 is 1.58 bits per heavy atom. The van der Waals surface area contributed by atoms with E-state index in [9.17, 15) is 0 Å². The van der Waals surface area contributed by atoms with Gasteiger partial charge in [-0.3, -0.25) is 0 Å². The minimum absolute atomic E-state index is 0.964. The molecule has 2 rings (SSSR count). The number of hydrogen-bond acceptors (Lipinski definition) is 3. The average molecular weight is 269 g/mol. The monoisotopic (exact) mass is 269 g/mol. The molecule has 19 heavy (non-hydrogen) atoms. The lowest BCUT2D eigenvalue weighted by Gasteiger charge is -2.38. The molecular weight excluding hydrogens is 234 g/mol. The molecule has 0 aromatic carbocycles. The lowest BCUT2D eigenvalue weighted by atomic mass is 9.96. The third-order valence-corrected chi connectivity index (χ3v) is 4.58. The Morgan fingerprint density at radius 1 is 0.684 bits per heavy atom. The van der Waals surface area contributed by atoms with Gasteiger partial charge >= 0.3 is 0 Å². The summed E-state index contributed by atoms with van der Waals surface area (Å²) in [5, 5.41) is 0. The standard InChI is InChI=1S/C14H29N3.C2H6/c1-3-15-7-5-14(6-8-15)13-17-11-9-16(4-2)10-12-17;1-2/h14H,3-13H2,1-2H3;1-2H3. The van der Waals surface area contributed by atoms with E-state index in [1.807, 2.05) is 13.8 Å². The summed E-state index contributed by atoms with van der Waals surface area (Å²) in [4.78, 5) is 7.85. The summed E-state index contributed by atoms with van der Waals surface area (Å²) in [6.07, 6.45) is 2.84. The van der Waals surface area contributed by atoms with Crippen LogP contribution < -0.4 is 0 Å². The van der Waals surface area contributed by atoms with Crippen molar-refractivity contribution in [2.75, 3.05) is 58.9 Å². The Labute approximate surface area is 120 Å². The van der Waals surface area contributed by atoms with E-state index >= 15 is 0 Å². The van der Waals surface area contributed by atoms with Gasteiger partial charge < -0.3 is 14.7 Å². The smallest absolute Gasteiger partial charge is 0.0110 e. The fourth-order valence-corrected chi connectivity index (χ4v) is 3.14. The van der Waals surface area contributed by atoms with Crippen LogP contribution in [0.15, 0.2) is 0 Å². The minimum Gasteiger partial charge on any atom is -0.304 e. The van der Waals surface area contributed by atoms with Gasteiger partial charge in [-0.2, -0.15) is 0 Å². The van der Waals surface area contributed by atoms with E-state index in [0.717, 1.165) is 5.92 Å². The fraction of sp³-hybridized carbons (Fsp3) is 1.00. The molecule has 0 N–H and O–H groups in total. The maximum absolute atomic E-state index is 2.69. The van der Waals surface area contributed by atoms with Crippen molar-refractivity contribution in [3.8, 4) is 0 Å². The van der Waals surface area contributed by atoms with Crippen molar-refractivity contribution in [3.63, 3.8) is 0 Å². The quantitative estimate of drug-likeness (QED) is 0.776. The second kappa shape index (κ2) is 9.73. The average Bonchev–Trinajstić information content (AvgIpc) is 2.51. The lowest BCUT2D eigenvalue weighted by Crippen LogP contribution is -2.48. The first-order valence-corrected chi connectivity index (χ1v) is 8.49. The third-order valence-electron chi connectivity index (χ3n) is 4.58. The maximum Gasteiger partial charge on any atom is 0.0110 e. The van der Waals surface area contributed by atoms with Gasteiger partial charge in [-0.15, -0.1) is 0 Å². The van der Waals surface area contributed by atoms with Gasteiger partial charge in [-0.05, 0) is 44.9 Å². The molecule has 2 heterocycles. The zero-order chi connectivity index (χ0) is 14.1. The van der Waals surface area contributed by atoms with Crippen LogP contribution in [0.2, 0.25) is 0 Å². The number of rotatable bonds is 4. The normalized spacial score (nSPS) is 24.0. The number of piperidine rings is 1. The van der Waals surface area contributed by atoms with E-state index in [0.29, 0.717) is 0 Å². The Hall–Kier alpha value is -0.120. The SMILES string of the molecule is CC.CCN1CCC(CN2CCN(CC)CC2)CC1. The highest BCUT2D eigenvalue weighted by atomic mass is 15.3. The molecule has 3 heteroatoms. The zero-order valence-electron chi connectivity index (χ0n) is 13.7. The molecule has 0 saturated carbocycles. The van der Waals surface area contributed by atoms with Gasteiger partial charge in [0.1, 0.15) is 0 Å². The summed E-state index contributed by atoms with van der Waals surface area (Å²) in [5.41, 5.74) is 0. The minimum atomic E-state index is 0.964. The maximum atomic E-state index is 2.69. The molecule has 0 aliphatic carbocycles. The van der Waals surface area contributed by atoms with E-state index in [1.54, 1.807) is 0 Å². The number of nitrogens with zero attached hydrogens (tertiary/aromatic N) is 3. The van der Waals surface area contributed by atoms with Crippen LogP contribution >= 0.6 is 0 Å². The highest BCUT2D eigenvalue weighted by Crippen LogP contribution is 2.18. The largest absolute Gasteiger partial charge is 0.304 e. The van der Waals surface area contributed by atoms with Crippen LogP contribution in [0.1, 0.15) is 40.5 Å². The first-order chi connectivity index (χ1) is 9.31. The topological polar surface area (TPSA) is 9.72 Å². The Kier molecular flexibility index (Phi) is 8.67. The molecule has 0 spiro atoms.